The lowest BCUT2D eigenvalue weighted by Gasteiger charge is -2.15. The Hall–Kier alpha value is -2.77. The van der Waals surface area contributed by atoms with Crippen molar-refractivity contribution < 1.29 is 14.3 Å². The normalized spacial score (nSPS) is 14.4. The minimum Gasteiger partial charge on any atom is -0.497 e. The number of aromatic amines is 1. The van der Waals surface area contributed by atoms with E-state index in [4.69, 9.17) is 10.5 Å². The number of nitrogens with zero attached hydrogens (tertiary/aromatic N) is 1. The lowest BCUT2D eigenvalue weighted by atomic mass is 10.1. The highest BCUT2D eigenvalue weighted by Gasteiger charge is 2.34. The number of carbonyl (C=O) groups is 2. The Bertz CT molecular complexity index is 1040. The Kier molecular flexibility index (Phi) is 6.11. The van der Waals surface area contributed by atoms with Crippen molar-refractivity contribution in [3.63, 3.8) is 0 Å². The van der Waals surface area contributed by atoms with Crippen LogP contribution in [-0.4, -0.2) is 47.1 Å². The van der Waals surface area contributed by atoms with Crippen LogP contribution in [0.3, 0.4) is 0 Å². The fourth-order valence-electron chi connectivity index (χ4n) is 3.72. The summed E-state index contributed by atoms with van der Waals surface area (Å²) in [5, 5.41) is 1.14. The van der Waals surface area contributed by atoms with E-state index < -0.39 is 0 Å². The van der Waals surface area contributed by atoms with Crippen LogP contribution in [0, 0.1) is 0 Å². The Morgan fingerprint density at radius 3 is 2.53 bits per heavy atom. The molecule has 1 unspecified atom stereocenters. The molecule has 156 valence electrons. The molecule has 0 saturated carbocycles. The average Bonchev–Trinajstić information content (AvgIpc) is 3.28. The SMILES string of the molecule is COc1ccc2[nH]cc(SCC(N)CCCCN3C(=O)c4ccccc4C3=O)c2c1. The molecule has 30 heavy (non-hydrogen) atoms. The number of unbranched alkanes of at least 4 members (excludes halogenated alkanes) is 1. The molecule has 0 fully saturated rings. The molecule has 1 atom stereocenters. The van der Waals surface area contributed by atoms with Crippen molar-refractivity contribution in [2.45, 2.75) is 30.2 Å². The van der Waals surface area contributed by atoms with Crippen molar-refractivity contribution in [1.29, 1.82) is 0 Å². The lowest BCUT2D eigenvalue weighted by molar-refractivity contribution is 0.0651. The summed E-state index contributed by atoms with van der Waals surface area (Å²) in [4.78, 5) is 30.6. The third-order valence-corrected chi connectivity index (χ3v) is 6.63. The van der Waals surface area contributed by atoms with E-state index in [1.165, 1.54) is 4.90 Å². The first-order valence-electron chi connectivity index (χ1n) is 10.1. The predicted molar refractivity (Wildman–Crippen MR) is 119 cm³/mol. The second kappa shape index (κ2) is 8.93. The standard InChI is InChI=1S/C23H25N3O3S/c1-29-16-9-10-20-19(12-16)21(13-25-20)30-14-15(24)6-4-5-11-26-22(27)17-7-2-3-8-18(17)23(26)28/h2-3,7-10,12-13,15,25H,4-6,11,14,24H2,1H3. The zero-order valence-corrected chi connectivity index (χ0v) is 17.7. The van der Waals surface area contributed by atoms with Gasteiger partial charge in [0.25, 0.3) is 11.8 Å². The summed E-state index contributed by atoms with van der Waals surface area (Å²) in [5.74, 6) is 1.26. The first-order valence-corrected chi connectivity index (χ1v) is 11.1. The van der Waals surface area contributed by atoms with Gasteiger partial charge in [0, 0.05) is 40.3 Å². The molecule has 0 saturated heterocycles. The van der Waals surface area contributed by atoms with Crippen molar-refractivity contribution in [3.8, 4) is 5.75 Å². The first-order chi connectivity index (χ1) is 14.6. The number of hydrogen-bond acceptors (Lipinski definition) is 5. The molecule has 7 heteroatoms. The largest absolute Gasteiger partial charge is 0.497 e. The van der Waals surface area contributed by atoms with Crippen molar-refractivity contribution >= 4 is 34.5 Å². The molecule has 0 spiro atoms. The number of rotatable bonds is 9. The second-order valence-corrected chi connectivity index (χ2v) is 8.50. The number of H-pyrrole nitrogens is 1. The number of hydrogen-bond donors (Lipinski definition) is 2. The van der Waals surface area contributed by atoms with Gasteiger partial charge >= 0.3 is 0 Å². The van der Waals surface area contributed by atoms with Crippen molar-refractivity contribution in [2.24, 2.45) is 5.73 Å². The summed E-state index contributed by atoms with van der Waals surface area (Å²) in [6.07, 6.45) is 4.48. The number of methoxy groups -OCH3 is 1. The van der Waals surface area contributed by atoms with E-state index in [1.54, 1.807) is 43.1 Å². The molecule has 1 aliphatic rings. The summed E-state index contributed by atoms with van der Waals surface area (Å²) >= 11 is 1.73. The summed E-state index contributed by atoms with van der Waals surface area (Å²) in [6, 6.07) is 13.0. The van der Waals surface area contributed by atoms with Gasteiger partial charge in [0.1, 0.15) is 5.75 Å². The maximum atomic E-state index is 12.4. The van der Waals surface area contributed by atoms with Gasteiger partial charge in [-0.25, -0.2) is 0 Å². The van der Waals surface area contributed by atoms with E-state index >= 15 is 0 Å². The number of amides is 2. The number of fused-ring (bicyclic) bond motifs is 2. The summed E-state index contributed by atoms with van der Waals surface area (Å²) in [7, 11) is 1.67. The Labute approximate surface area is 179 Å². The fraction of sp³-hybridized carbons (Fsp3) is 0.304. The van der Waals surface area contributed by atoms with Gasteiger partial charge in [-0.15, -0.1) is 11.8 Å². The van der Waals surface area contributed by atoms with Crippen LogP contribution in [0.25, 0.3) is 10.9 Å². The highest BCUT2D eigenvalue weighted by molar-refractivity contribution is 7.99. The first kappa shape index (κ1) is 20.5. The number of aromatic nitrogens is 1. The van der Waals surface area contributed by atoms with Crippen LogP contribution >= 0.6 is 11.8 Å². The molecule has 1 aliphatic heterocycles. The highest BCUT2D eigenvalue weighted by Crippen LogP contribution is 2.31. The van der Waals surface area contributed by atoms with E-state index in [0.717, 1.165) is 46.6 Å². The maximum absolute atomic E-state index is 12.4. The van der Waals surface area contributed by atoms with E-state index in [9.17, 15) is 9.59 Å². The Morgan fingerprint density at radius 2 is 1.83 bits per heavy atom. The number of thioether (sulfide) groups is 1. The molecular weight excluding hydrogens is 398 g/mol. The quantitative estimate of drug-likeness (QED) is 0.308. The van der Waals surface area contributed by atoms with E-state index in [1.807, 2.05) is 24.4 Å². The van der Waals surface area contributed by atoms with Crippen molar-refractivity contribution in [1.82, 2.24) is 9.88 Å². The van der Waals surface area contributed by atoms with E-state index in [-0.39, 0.29) is 17.9 Å². The summed E-state index contributed by atoms with van der Waals surface area (Å²) in [5.41, 5.74) is 8.39. The van der Waals surface area contributed by atoms with Crippen LogP contribution in [0.4, 0.5) is 0 Å². The molecule has 0 aliphatic carbocycles. The molecule has 1 aromatic heterocycles. The van der Waals surface area contributed by atoms with Gasteiger partial charge in [-0.3, -0.25) is 14.5 Å². The Balaban J connectivity index is 1.23. The van der Waals surface area contributed by atoms with Gasteiger partial charge < -0.3 is 15.5 Å². The molecule has 6 nitrogen and oxygen atoms in total. The summed E-state index contributed by atoms with van der Waals surface area (Å²) in [6.45, 7) is 0.439. The topological polar surface area (TPSA) is 88.4 Å². The van der Waals surface area contributed by atoms with E-state index in [0.29, 0.717) is 17.7 Å². The van der Waals surface area contributed by atoms with Crippen molar-refractivity contribution in [2.75, 3.05) is 19.4 Å². The van der Waals surface area contributed by atoms with Gasteiger partial charge in [-0.05, 0) is 43.2 Å². The van der Waals surface area contributed by atoms with Gasteiger partial charge in [0.05, 0.1) is 18.2 Å². The average molecular weight is 424 g/mol. The second-order valence-electron chi connectivity index (χ2n) is 7.44. The molecule has 0 radical (unpaired) electrons. The van der Waals surface area contributed by atoms with Crippen LogP contribution in [0.15, 0.2) is 53.6 Å². The third-order valence-electron chi connectivity index (χ3n) is 5.39. The number of carbonyl (C=O) groups excluding carboxylic acids is 2. The number of ether oxygens (including phenoxy) is 1. The molecule has 3 N–H and O–H groups in total. The molecule has 2 aromatic carbocycles. The van der Waals surface area contributed by atoms with Gasteiger partial charge in [0.15, 0.2) is 0 Å². The highest BCUT2D eigenvalue weighted by atomic mass is 32.2. The monoisotopic (exact) mass is 423 g/mol. The maximum Gasteiger partial charge on any atom is 0.261 e. The molecular formula is C23H25N3O3S. The zero-order valence-electron chi connectivity index (χ0n) is 16.9. The van der Waals surface area contributed by atoms with Crippen LogP contribution in [0.2, 0.25) is 0 Å². The van der Waals surface area contributed by atoms with Gasteiger partial charge in [0.2, 0.25) is 0 Å². The van der Waals surface area contributed by atoms with Gasteiger partial charge in [-0.1, -0.05) is 18.6 Å². The number of nitrogens with two attached hydrogens (primary N) is 1. The minimum atomic E-state index is -0.190. The molecule has 0 bridgehead atoms. The van der Waals surface area contributed by atoms with Crippen LogP contribution in [0.5, 0.6) is 5.75 Å². The molecule has 2 amide bonds. The number of benzene rings is 2. The fourth-order valence-corrected chi connectivity index (χ4v) is 4.75. The predicted octanol–water partition coefficient (Wildman–Crippen LogP) is 4.06. The Morgan fingerprint density at radius 1 is 1.10 bits per heavy atom. The zero-order chi connectivity index (χ0) is 21.1. The van der Waals surface area contributed by atoms with Crippen LogP contribution in [-0.2, 0) is 0 Å². The smallest absolute Gasteiger partial charge is 0.261 e. The van der Waals surface area contributed by atoms with Crippen LogP contribution in [0.1, 0.15) is 40.0 Å². The summed E-state index contributed by atoms with van der Waals surface area (Å²) < 4.78 is 5.32. The molecule has 4 rings (SSSR count). The molecule has 2 heterocycles. The molecule has 3 aromatic rings. The third kappa shape index (κ3) is 4.08. The number of imide groups is 1. The number of nitrogens with one attached hydrogen (secondary N) is 1. The van der Waals surface area contributed by atoms with Crippen molar-refractivity contribution in [3.05, 3.63) is 59.8 Å². The van der Waals surface area contributed by atoms with Gasteiger partial charge in [-0.2, -0.15) is 0 Å². The lowest BCUT2D eigenvalue weighted by Crippen LogP contribution is -2.31. The van der Waals surface area contributed by atoms with Crippen LogP contribution < -0.4 is 10.5 Å². The minimum absolute atomic E-state index is 0.0488. The van der Waals surface area contributed by atoms with E-state index in [2.05, 4.69) is 4.98 Å².